The molecule has 0 radical (unpaired) electrons. The minimum Gasteiger partial charge on any atom is -0.355 e. The fraction of sp³-hybridized carbons (Fsp3) is 0.588. The number of hydrogen-bond donors (Lipinski definition) is 1. The number of nitrogens with zero attached hydrogens (tertiary/aromatic N) is 3. The van der Waals surface area contributed by atoms with Gasteiger partial charge in [-0.05, 0) is 43.7 Å². The third-order valence-electron chi connectivity index (χ3n) is 5.12. The lowest BCUT2D eigenvalue weighted by Crippen LogP contribution is -2.42. The van der Waals surface area contributed by atoms with Gasteiger partial charge in [0.05, 0.1) is 10.8 Å². The average Bonchev–Trinajstić information content (AvgIpc) is 3.38. The highest BCUT2D eigenvalue weighted by Gasteiger charge is 2.36. The molecule has 2 aliphatic rings. The summed E-state index contributed by atoms with van der Waals surface area (Å²) in [6.45, 7) is 2.37. The average molecular weight is 348 g/mol. The molecule has 0 spiro atoms. The lowest BCUT2D eigenvalue weighted by molar-refractivity contribution is 0.409. The Labute approximate surface area is 142 Å². The summed E-state index contributed by atoms with van der Waals surface area (Å²) in [4.78, 5) is 6.92. The van der Waals surface area contributed by atoms with Crippen LogP contribution in [0.3, 0.4) is 0 Å². The van der Waals surface area contributed by atoms with Gasteiger partial charge in [-0.1, -0.05) is 0 Å². The minimum absolute atomic E-state index is 0.143. The van der Waals surface area contributed by atoms with Gasteiger partial charge >= 0.3 is 0 Å². The van der Waals surface area contributed by atoms with Crippen molar-refractivity contribution in [1.82, 2.24) is 14.3 Å². The van der Waals surface area contributed by atoms with E-state index in [-0.39, 0.29) is 5.25 Å². The summed E-state index contributed by atoms with van der Waals surface area (Å²) in [5.74, 6) is 1.35. The maximum atomic E-state index is 12.0. The molecule has 1 aliphatic heterocycles. The van der Waals surface area contributed by atoms with Crippen molar-refractivity contribution in [1.29, 1.82) is 0 Å². The lowest BCUT2D eigenvalue weighted by Gasteiger charge is -2.34. The highest BCUT2D eigenvalue weighted by molar-refractivity contribution is 7.90. The number of anilines is 1. The molecule has 2 fully saturated rings. The third kappa shape index (κ3) is 3.02. The fourth-order valence-corrected chi connectivity index (χ4v) is 5.07. The molecule has 1 aliphatic carbocycles. The van der Waals surface area contributed by atoms with Crippen LogP contribution >= 0.6 is 0 Å². The summed E-state index contributed by atoms with van der Waals surface area (Å²) in [7, 11) is -1.05. The number of pyridine rings is 1. The van der Waals surface area contributed by atoms with Gasteiger partial charge in [-0.3, -0.25) is 0 Å². The predicted molar refractivity (Wildman–Crippen MR) is 95.6 cm³/mol. The van der Waals surface area contributed by atoms with Gasteiger partial charge in [-0.25, -0.2) is 18.1 Å². The molecule has 1 atom stereocenters. The number of hydrogen-bond acceptors (Lipinski definition) is 4. The van der Waals surface area contributed by atoms with E-state index < -0.39 is 10.0 Å². The van der Waals surface area contributed by atoms with Crippen LogP contribution in [0.1, 0.15) is 25.7 Å². The summed E-state index contributed by atoms with van der Waals surface area (Å²) >= 11 is 0. The van der Waals surface area contributed by atoms with Gasteiger partial charge in [0, 0.05) is 44.5 Å². The molecule has 1 saturated carbocycles. The van der Waals surface area contributed by atoms with E-state index in [4.69, 9.17) is 0 Å². The number of piperidine rings is 1. The first kappa shape index (κ1) is 15.9. The zero-order chi connectivity index (χ0) is 16.7. The molecule has 0 amide bonds. The SMILES string of the molecule is Cn1ccc2ccnc(N3CCCC(CNS(=O)(=O)C4CC4)C3)c21. The molecule has 130 valence electrons. The maximum Gasteiger partial charge on any atom is 0.214 e. The molecule has 2 aromatic rings. The van der Waals surface area contributed by atoms with Gasteiger partial charge in [0.25, 0.3) is 0 Å². The summed E-state index contributed by atoms with van der Waals surface area (Å²) in [6, 6.07) is 4.13. The molecule has 0 aromatic carbocycles. The van der Waals surface area contributed by atoms with Crippen LogP contribution in [0.5, 0.6) is 0 Å². The highest BCUT2D eigenvalue weighted by Crippen LogP contribution is 2.30. The van der Waals surface area contributed by atoms with Gasteiger partial charge in [-0.2, -0.15) is 0 Å². The first-order chi connectivity index (χ1) is 11.5. The summed E-state index contributed by atoms with van der Waals surface area (Å²) in [5, 5.41) is 1.05. The first-order valence-electron chi connectivity index (χ1n) is 8.68. The standard InChI is InChI=1S/C17H24N4O2S/c1-20-10-7-14-6-8-18-17(16(14)20)21-9-2-3-13(12-21)11-19-24(22,23)15-4-5-15/h6-8,10,13,15,19H,2-5,9,11-12H2,1H3. The van der Waals surface area contributed by atoms with Crippen molar-refractivity contribution in [3.8, 4) is 0 Å². The molecular weight excluding hydrogens is 324 g/mol. The maximum absolute atomic E-state index is 12.0. The van der Waals surface area contributed by atoms with Gasteiger partial charge in [0.1, 0.15) is 0 Å². The second-order valence-corrected chi connectivity index (χ2v) is 9.09. The lowest BCUT2D eigenvalue weighted by atomic mass is 9.98. The first-order valence-corrected chi connectivity index (χ1v) is 10.2. The molecule has 1 saturated heterocycles. The van der Waals surface area contributed by atoms with Crippen LogP contribution in [0.15, 0.2) is 24.5 Å². The predicted octanol–water partition coefficient (Wildman–Crippen LogP) is 1.87. The van der Waals surface area contributed by atoms with E-state index in [2.05, 4.69) is 31.4 Å². The largest absolute Gasteiger partial charge is 0.355 e. The Bertz CT molecular complexity index is 841. The highest BCUT2D eigenvalue weighted by atomic mass is 32.2. The normalized spacial score (nSPS) is 22.2. The van der Waals surface area contributed by atoms with Gasteiger partial charge in [0.2, 0.25) is 10.0 Å². The molecule has 7 heteroatoms. The third-order valence-corrected chi connectivity index (χ3v) is 7.04. The number of aryl methyl sites for hydroxylation is 1. The van der Waals surface area contributed by atoms with Gasteiger partial charge < -0.3 is 9.47 Å². The monoisotopic (exact) mass is 348 g/mol. The zero-order valence-corrected chi connectivity index (χ0v) is 14.8. The Hall–Kier alpha value is -1.60. The second-order valence-electron chi connectivity index (χ2n) is 7.05. The molecule has 0 bridgehead atoms. The van der Waals surface area contributed by atoms with Crippen LogP contribution < -0.4 is 9.62 Å². The Morgan fingerprint density at radius 2 is 2.12 bits per heavy atom. The number of fused-ring (bicyclic) bond motifs is 1. The van der Waals surface area contributed by atoms with Gasteiger partial charge in [-0.15, -0.1) is 0 Å². The Balaban J connectivity index is 1.49. The smallest absolute Gasteiger partial charge is 0.214 e. The number of sulfonamides is 1. The van der Waals surface area contributed by atoms with Crippen LogP contribution in [0.4, 0.5) is 5.82 Å². The number of nitrogens with one attached hydrogen (secondary N) is 1. The zero-order valence-electron chi connectivity index (χ0n) is 14.0. The summed E-state index contributed by atoms with van der Waals surface area (Å²) in [5.41, 5.74) is 1.15. The van der Waals surface area contributed by atoms with E-state index >= 15 is 0 Å². The van der Waals surface area contributed by atoms with Crippen molar-refractivity contribution in [3.05, 3.63) is 24.5 Å². The Kier molecular flexibility index (Phi) is 4.00. The van der Waals surface area contributed by atoms with Crippen LogP contribution in [0.2, 0.25) is 0 Å². The summed E-state index contributed by atoms with van der Waals surface area (Å²) in [6.07, 6.45) is 7.67. The molecule has 2 aromatic heterocycles. The van der Waals surface area contributed by atoms with Crippen molar-refractivity contribution in [2.75, 3.05) is 24.5 Å². The van der Waals surface area contributed by atoms with E-state index in [0.717, 1.165) is 50.1 Å². The molecule has 3 heterocycles. The fourth-order valence-electron chi connectivity index (χ4n) is 3.61. The molecule has 24 heavy (non-hydrogen) atoms. The van der Waals surface area contributed by atoms with Crippen LogP contribution in [0.25, 0.3) is 10.9 Å². The van der Waals surface area contributed by atoms with Crippen LogP contribution in [0, 0.1) is 5.92 Å². The van der Waals surface area contributed by atoms with Crippen molar-refractivity contribution in [2.45, 2.75) is 30.9 Å². The number of aromatic nitrogens is 2. The van der Waals surface area contributed by atoms with Crippen molar-refractivity contribution in [2.24, 2.45) is 13.0 Å². The molecule has 4 rings (SSSR count). The quantitative estimate of drug-likeness (QED) is 0.896. The van der Waals surface area contributed by atoms with E-state index in [1.807, 2.05) is 19.3 Å². The van der Waals surface area contributed by atoms with Crippen molar-refractivity contribution >= 4 is 26.7 Å². The van der Waals surface area contributed by atoms with E-state index in [1.165, 1.54) is 5.39 Å². The number of rotatable bonds is 5. The van der Waals surface area contributed by atoms with E-state index in [1.54, 1.807) is 0 Å². The van der Waals surface area contributed by atoms with Crippen molar-refractivity contribution < 1.29 is 8.42 Å². The van der Waals surface area contributed by atoms with E-state index in [9.17, 15) is 8.42 Å². The second kappa shape index (κ2) is 6.04. The van der Waals surface area contributed by atoms with Crippen molar-refractivity contribution in [3.63, 3.8) is 0 Å². The van der Waals surface area contributed by atoms with Crippen LogP contribution in [-0.2, 0) is 17.1 Å². The Morgan fingerprint density at radius 1 is 1.29 bits per heavy atom. The minimum atomic E-state index is -3.09. The summed E-state index contributed by atoms with van der Waals surface area (Å²) < 4.78 is 29.0. The molecule has 1 unspecified atom stereocenters. The topological polar surface area (TPSA) is 67.2 Å². The molecule has 1 N–H and O–H groups in total. The molecular formula is C17H24N4O2S. The van der Waals surface area contributed by atoms with Crippen LogP contribution in [-0.4, -0.2) is 42.9 Å². The Morgan fingerprint density at radius 3 is 2.92 bits per heavy atom. The molecule has 6 nitrogen and oxygen atoms in total. The van der Waals surface area contributed by atoms with E-state index in [0.29, 0.717) is 12.5 Å². The van der Waals surface area contributed by atoms with Gasteiger partial charge in [0.15, 0.2) is 5.82 Å².